The fraction of sp³-hybridized carbons (Fsp3) is 0.320. The van der Waals surface area contributed by atoms with Gasteiger partial charge in [-0.15, -0.1) is 0 Å². The molecule has 37 heavy (non-hydrogen) atoms. The summed E-state index contributed by atoms with van der Waals surface area (Å²) in [4.78, 5) is 35.9. The minimum absolute atomic E-state index is 0.0570. The van der Waals surface area contributed by atoms with Crippen molar-refractivity contribution in [3.63, 3.8) is 0 Å². The van der Waals surface area contributed by atoms with E-state index in [4.69, 9.17) is 18.6 Å². The first-order valence-electron chi connectivity index (χ1n) is 11.4. The molecule has 196 valence electrons. The molecular formula is C25H26N2O10. The van der Waals surface area contributed by atoms with Crippen LogP contribution < -0.4 is 16.3 Å². The van der Waals surface area contributed by atoms with Crippen LogP contribution in [0.2, 0.25) is 0 Å². The summed E-state index contributed by atoms with van der Waals surface area (Å²) in [5.74, 6) is 0. The molecule has 2 heterocycles. The monoisotopic (exact) mass is 514 g/mol. The minimum Gasteiger partial charge on any atom is -0.444 e. The first kappa shape index (κ1) is 26.1. The van der Waals surface area contributed by atoms with Gasteiger partial charge in [-0.25, -0.2) is 14.4 Å². The average Bonchev–Trinajstić information content (AvgIpc) is 2.85. The number of aryl methyl sites for hydroxylation is 1. The third-order valence-electron chi connectivity index (χ3n) is 5.80. The summed E-state index contributed by atoms with van der Waals surface area (Å²) in [7, 11) is 0. The van der Waals surface area contributed by atoms with Crippen molar-refractivity contribution in [1.82, 2.24) is 0 Å². The Balaban J connectivity index is 1.26. The van der Waals surface area contributed by atoms with Crippen molar-refractivity contribution < 1.29 is 43.5 Å². The molecule has 0 unspecified atom stereocenters. The van der Waals surface area contributed by atoms with Gasteiger partial charge in [-0.2, -0.15) is 0 Å². The highest BCUT2D eigenvalue weighted by atomic mass is 16.7. The van der Waals surface area contributed by atoms with E-state index >= 15 is 0 Å². The van der Waals surface area contributed by atoms with Crippen LogP contribution in [0.3, 0.4) is 0 Å². The SMILES string of the molecule is Cc1cc(=O)oc2cc(NC(=O)OCc3ccc(NC(=O)O[C@@H]4O[C@@H](C)[C@@H](O)[C@@H](O)[C@@H]4O)cc3)ccc12. The third-order valence-corrected chi connectivity index (χ3v) is 5.80. The number of hydrogen-bond acceptors (Lipinski definition) is 10. The maximum atomic E-state index is 12.2. The summed E-state index contributed by atoms with van der Waals surface area (Å²) in [5, 5.41) is 35.2. The van der Waals surface area contributed by atoms with Gasteiger partial charge < -0.3 is 33.9 Å². The van der Waals surface area contributed by atoms with E-state index in [1.807, 2.05) is 0 Å². The largest absolute Gasteiger partial charge is 0.444 e. The van der Waals surface area contributed by atoms with Crippen molar-refractivity contribution in [1.29, 1.82) is 0 Å². The molecule has 0 radical (unpaired) electrons. The number of carbonyl (C=O) groups is 2. The highest BCUT2D eigenvalue weighted by Crippen LogP contribution is 2.23. The second-order valence-corrected chi connectivity index (χ2v) is 8.57. The maximum absolute atomic E-state index is 12.2. The molecule has 5 N–H and O–H groups in total. The Kier molecular flexibility index (Phi) is 7.74. The summed E-state index contributed by atoms with van der Waals surface area (Å²) in [6, 6.07) is 12.6. The van der Waals surface area contributed by atoms with Crippen LogP contribution in [-0.4, -0.2) is 58.2 Å². The lowest BCUT2D eigenvalue weighted by molar-refractivity contribution is -0.275. The number of carbonyl (C=O) groups excluding carboxylic acids is 2. The van der Waals surface area contributed by atoms with Gasteiger partial charge in [-0.1, -0.05) is 12.1 Å². The fourth-order valence-electron chi connectivity index (χ4n) is 3.75. The molecule has 1 saturated heterocycles. The Labute approximate surface area is 210 Å². The number of rotatable bonds is 5. The second kappa shape index (κ2) is 11.0. The zero-order valence-corrected chi connectivity index (χ0v) is 19.9. The van der Waals surface area contributed by atoms with Gasteiger partial charge in [0.1, 0.15) is 30.5 Å². The second-order valence-electron chi connectivity index (χ2n) is 8.57. The number of aliphatic hydroxyl groups excluding tert-OH is 3. The van der Waals surface area contributed by atoms with Gasteiger partial charge in [0.15, 0.2) is 0 Å². The van der Waals surface area contributed by atoms with E-state index in [0.29, 0.717) is 22.5 Å². The van der Waals surface area contributed by atoms with Crippen LogP contribution >= 0.6 is 0 Å². The molecule has 2 amide bonds. The van der Waals surface area contributed by atoms with E-state index in [1.165, 1.54) is 19.1 Å². The van der Waals surface area contributed by atoms with Crippen molar-refractivity contribution in [3.8, 4) is 0 Å². The summed E-state index contributed by atoms with van der Waals surface area (Å²) >= 11 is 0. The Morgan fingerprint density at radius 2 is 1.59 bits per heavy atom. The number of hydrogen-bond donors (Lipinski definition) is 5. The summed E-state index contributed by atoms with van der Waals surface area (Å²) in [5.41, 5.74) is 2.00. The highest BCUT2D eigenvalue weighted by molar-refractivity contribution is 5.90. The Hall–Kier alpha value is -3.97. The first-order valence-corrected chi connectivity index (χ1v) is 11.4. The predicted molar refractivity (Wildman–Crippen MR) is 130 cm³/mol. The molecule has 2 aromatic carbocycles. The van der Waals surface area contributed by atoms with Crippen LogP contribution in [0, 0.1) is 6.92 Å². The van der Waals surface area contributed by atoms with Crippen LogP contribution in [-0.2, 0) is 20.8 Å². The molecule has 0 saturated carbocycles. The number of nitrogens with one attached hydrogen (secondary N) is 2. The molecule has 5 atom stereocenters. The topological polar surface area (TPSA) is 177 Å². The Morgan fingerprint density at radius 3 is 2.32 bits per heavy atom. The van der Waals surface area contributed by atoms with Gasteiger partial charge in [-0.3, -0.25) is 10.6 Å². The van der Waals surface area contributed by atoms with E-state index < -0.39 is 48.5 Å². The quantitative estimate of drug-likeness (QED) is 0.317. The molecule has 0 aliphatic carbocycles. The lowest BCUT2D eigenvalue weighted by atomic mass is 10.0. The van der Waals surface area contributed by atoms with E-state index in [9.17, 15) is 29.7 Å². The van der Waals surface area contributed by atoms with Crippen LogP contribution in [0.4, 0.5) is 21.0 Å². The number of amides is 2. The standard InChI is InChI=1S/C25H26N2O10/c1-12-9-19(28)36-18-10-16(7-8-17(12)18)27-24(32)34-11-14-3-5-15(6-4-14)26-25(33)37-23-22(31)21(30)20(29)13(2)35-23/h3-10,13,20-23,29-31H,11H2,1-2H3,(H,26,33)(H,27,32)/t13-,20+,21+,22-,23-/m0/s1. The molecule has 1 fully saturated rings. The van der Waals surface area contributed by atoms with E-state index in [1.54, 1.807) is 43.3 Å². The summed E-state index contributed by atoms with van der Waals surface area (Å²) in [6.07, 6.45) is -8.41. The molecule has 1 aromatic heterocycles. The molecule has 0 bridgehead atoms. The van der Waals surface area contributed by atoms with Crippen molar-refractivity contribution >= 4 is 34.5 Å². The fourth-order valence-corrected chi connectivity index (χ4v) is 3.75. The zero-order valence-electron chi connectivity index (χ0n) is 19.9. The molecule has 4 rings (SSSR count). The van der Waals surface area contributed by atoms with Crippen LogP contribution in [0.5, 0.6) is 0 Å². The molecular weight excluding hydrogens is 488 g/mol. The van der Waals surface area contributed by atoms with E-state index in [-0.39, 0.29) is 6.61 Å². The average molecular weight is 514 g/mol. The van der Waals surface area contributed by atoms with Gasteiger partial charge in [0.2, 0.25) is 6.29 Å². The molecule has 12 heteroatoms. The number of aliphatic hydroxyl groups is 3. The first-order chi connectivity index (χ1) is 17.6. The number of benzene rings is 2. The molecule has 1 aliphatic heterocycles. The predicted octanol–water partition coefficient (Wildman–Crippen LogP) is 2.23. The highest BCUT2D eigenvalue weighted by Gasteiger charge is 2.43. The molecule has 12 nitrogen and oxygen atoms in total. The normalized spacial score (nSPS) is 23.3. The van der Waals surface area contributed by atoms with Gasteiger partial charge >= 0.3 is 17.8 Å². The smallest absolute Gasteiger partial charge is 0.414 e. The van der Waals surface area contributed by atoms with Crippen LogP contribution in [0.1, 0.15) is 18.1 Å². The Bertz CT molecular complexity index is 1340. The minimum atomic E-state index is -1.61. The van der Waals surface area contributed by atoms with E-state index in [0.717, 1.165) is 10.9 Å². The maximum Gasteiger partial charge on any atom is 0.414 e. The van der Waals surface area contributed by atoms with Crippen molar-refractivity contribution in [2.45, 2.75) is 51.2 Å². The van der Waals surface area contributed by atoms with Crippen LogP contribution in [0.15, 0.2) is 57.7 Å². The Morgan fingerprint density at radius 1 is 0.919 bits per heavy atom. The van der Waals surface area contributed by atoms with Gasteiger partial charge in [0, 0.05) is 28.9 Å². The van der Waals surface area contributed by atoms with E-state index in [2.05, 4.69) is 10.6 Å². The van der Waals surface area contributed by atoms with Crippen molar-refractivity contribution in [3.05, 3.63) is 70.1 Å². The van der Waals surface area contributed by atoms with Crippen molar-refractivity contribution in [2.24, 2.45) is 0 Å². The molecule has 0 spiro atoms. The zero-order chi connectivity index (χ0) is 26.7. The number of ether oxygens (including phenoxy) is 3. The lowest BCUT2D eigenvalue weighted by Gasteiger charge is -2.38. The van der Waals surface area contributed by atoms with Gasteiger partial charge in [0.25, 0.3) is 0 Å². The summed E-state index contributed by atoms with van der Waals surface area (Å²) < 4.78 is 20.6. The molecule has 1 aliphatic rings. The molecule has 3 aromatic rings. The third kappa shape index (κ3) is 6.24. The van der Waals surface area contributed by atoms with Crippen LogP contribution in [0.25, 0.3) is 11.0 Å². The van der Waals surface area contributed by atoms with Gasteiger partial charge in [-0.05, 0) is 49.2 Å². The summed E-state index contributed by atoms with van der Waals surface area (Å²) in [6.45, 7) is 3.20. The van der Waals surface area contributed by atoms with Gasteiger partial charge in [0.05, 0.1) is 6.10 Å². The van der Waals surface area contributed by atoms with Crippen molar-refractivity contribution in [2.75, 3.05) is 10.6 Å². The number of anilines is 2. The number of fused-ring (bicyclic) bond motifs is 1. The lowest BCUT2D eigenvalue weighted by Crippen LogP contribution is -2.57.